The number of carboxylic acid groups (broad SMARTS) is 1. The number of aromatic nitrogens is 2. The summed E-state index contributed by atoms with van der Waals surface area (Å²) in [4.78, 5) is 10.8. The quantitative estimate of drug-likeness (QED) is 0.761. The second-order valence-electron chi connectivity index (χ2n) is 3.73. The molecule has 0 unspecified atom stereocenters. The molecule has 3 rings (SSSR count). The van der Waals surface area contributed by atoms with Crippen LogP contribution in [0.2, 0.25) is 0 Å². The zero-order valence-electron chi connectivity index (χ0n) is 8.98. The highest BCUT2D eigenvalue weighted by molar-refractivity contribution is 9.10. The summed E-state index contributed by atoms with van der Waals surface area (Å²) < 4.78 is 6.56. The van der Waals surface area contributed by atoms with Crippen molar-refractivity contribution in [1.82, 2.24) is 10.2 Å². The molecule has 0 atom stereocenters. The summed E-state index contributed by atoms with van der Waals surface area (Å²) in [5, 5.41) is 16.1. The molecule has 0 aliphatic carbocycles. The Labute approximate surface area is 110 Å². The number of carboxylic acids is 1. The number of aromatic carboxylic acids is 1. The number of H-pyrrole nitrogens is 1. The average Bonchev–Trinajstić information content (AvgIpc) is 2.95. The SMILES string of the molecule is O=C(O)c1cc(-c2cc3c(Br)cccc3o2)[nH]n1. The van der Waals surface area contributed by atoms with Crippen LogP contribution in [-0.4, -0.2) is 21.3 Å². The molecule has 0 fully saturated rings. The third-order valence-corrected chi connectivity index (χ3v) is 3.26. The minimum Gasteiger partial charge on any atom is -0.476 e. The smallest absolute Gasteiger partial charge is 0.356 e. The topological polar surface area (TPSA) is 79.1 Å². The molecule has 0 aliphatic heterocycles. The van der Waals surface area contributed by atoms with Crippen LogP contribution < -0.4 is 0 Å². The van der Waals surface area contributed by atoms with Crippen LogP contribution in [0.25, 0.3) is 22.4 Å². The molecular weight excluding hydrogens is 300 g/mol. The molecule has 0 saturated heterocycles. The van der Waals surface area contributed by atoms with Gasteiger partial charge in [0, 0.05) is 15.9 Å². The Hall–Kier alpha value is -2.08. The van der Waals surface area contributed by atoms with Gasteiger partial charge in [-0.05, 0) is 18.2 Å². The van der Waals surface area contributed by atoms with Gasteiger partial charge < -0.3 is 9.52 Å². The average molecular weight is 307 g/mol. The van der Waals surface area contributed by atoms with Crippen LogP contribution in [0.4, 0.5) is 0 Å². The lowest BCUT2D eigenvalue weighted by Crippen LogP contribution is -1.95. The van der Waals surface area contributed by atoms with Gasteiger partial charge in [0.2, 0.25) is 0 Å². The van der Waals surface area contributed by atoms with E-state index in [4.69, 9.17) is 9.52 Å². The summed E-state index contributed by atoms with van der Waals surface area (Å²) in [7, 11) is 0. The number of halogens is 1. The van der Waals surface area contributed by atoms with E-state index >= 15 is 0 Å². The molecule has 1 aromatic carbocycles. The maximum Gasteiger partial charge on any atom is 0.356 e. The number of hydrogen-bond acceptors (Lipinski definition) is 3. The minimum atomic E-state index is -1.07. The molecule has 18 heavy (non-hydrogen) atoms. The molecule has 5 nitrogen and oxygen atoms in total. The molecule has 0 radical (unpaired) electrons. The monoisotopic (exact) mass is 306 g/mol. The van der Waals surface area contributed by atoms with Crippen molar-refractivity contribution in [3.8, 4) is 11.5 Å². The van der Waals surface area contributed by atoms with Gasteiger partial charge in [-0.2, -0.15) is 5.10 Å². The Bertz CT molecular complexity index is 745. The van der Waals surface area contributed by atoms with Crippen LogP contribution in [0.15, 0.2) is 39.2 Å². The fourth-order valence-corrected chi connectivity index (χ4v) is 2.18. The number of benzene rings is 1. The highest BCUT2D eigenvalue weighted by Crippen LogP contribution is 2.31. The van der Waals surface area contributed by atoms with Crippen molar-refractivity contribution in [3.05, 3.63) is 40.5 Å². The zero-order chi connectivity index (χ0) is 12.7. The van der Waals surface area contributed by atoms with E-state index in [0.29, 0.717) is 11.5 Å². The van der Waals surface area contributed by atoms with E-state index < -0.39 is 5.97 Å². The Morgan fingerprint density at radius 1 is 1.39 bits per heavy atom. The zero-order valence-corrected chi connectivity index (χ0v) is 10.6. The molecule has 0 amide bonds. The van der Waals surface area contributed by atoms with Crippen molar-refractivity contribution in [2.45, 2.75) is 0 Å². The van der Waals surface area contributed by atoms with Gasteiger partial charge in [0.25, 0.3) is 0 Å². The normalized spacial score (nSPS) is 10.9. The standard InChI is InChI=1S/C12H7BrN2O3/c13-7-2-1-3-10-6(7)4-11(18-10)8-5-9(12(16)17)15-14-8/h1-5H,(H,14,15)(H,16,17). The summed E-state index contributed by atoms with van der Waals surface area (Å²) >= 11 is 3.43. The fraction of sp³-hybridized carbons (Fsp3) is 0. The fourth-order valence-electron chi connectivity index (χ4n) is 1.72. The maximum absolute atomic E-state index is 10.8. The summed E-state index contributed by atoms with van der Waals surface area (Å²) in [5.74, 6) is -0.522. The van der Waals surface area contributed by atoms with E-state index in [1.807, 2.05) is 24.3 Å². The summed E-state index contributed by atoms with van der Waals surface area (Å²) in [6, 6.07) is 8.90. The van der Waals surface area contributed by atoms with Gasteiger partial charge in [-0.25, -0.2) is 4.79 Å². The largest absolute Gasteiger partial charge is 0.476 e. The van der Waals surface area contributed by atoms with Crippen LogP contribution in [0.3, 0.4) is 0 Å². The second-order valence-corrected chi connectivity index (χ2v) is 4.59. The molecule has 2 N–H and O–H groups in total. The number of hydrogen-bond donors (Lipinski definition) is 2. The van der Waals surface area contributed by atoms with Crippen molar-refractivity contribution >= 4 is 32.9 Å². The summed E-state index contributed by atoms with van der Waals surface area (Å²) in [6.07, 6.45) is 0. The number of rotatable bonds is 2. The first-order valence-corrected chi connectivity index (χ1v) is 5.91. The molecule has 0 bridgehead atoms. The maximum atomic E-state index is 10.8. The lowest BCUT2D eigenvalue weighted by Gasteiger charge is -1.89. The number of fused-ring (bicyclic) bond motifs is 1. The van der Waals surface area contributed by atoms with Gasteiger partial charge in [-0.15, -0.1) is 0 Å². The number of nitrogens with one attached hydrogen (secondary N) is 1. The van der Waals surface area contributed by atoms with Crippen LogP contribution in [0, 0.1) is 0 Å². The molecule has 2 heterocycles. The van der Waals surface area contributed by atoms with Gasteiger partial charge in [-0.1, -0.05) is 22.0 Å². The van der Waals surface area contributed by atoms with Crippen molar-refractivity contribution in [2.24, 2.45) is 0 Å². The predicted molar refractivity (Wildman–Crippen MR) is 68.5 cm³/mol. The van der Waals surface area contributed by atoms with Crippen LogP contribution in [0.5, 0.6) is 0 Å². The Kier molecular flexibility index (Phi) is 2.45. The lowest BCUT2D eigenvalue weighted by atomic mass is 10.2. The number of furan rings is 1. The second kappa shape index (κ2) is 3.99. The van der Waals surface area contributed by atoms with Crippen molar-refractivity contribution in [1.29, 1.82) is 0 Å². The van der Waals surface area contributed by atoms with Crippen molar-refractivity contribution in [2.75, 3.05) is 0 Å². The van der Waals surface area contributed by atoms with E-state index in [1.165, 1.54) is 6.07 Å². The van der Waals surface area contributed by atoms with Crippen molar-refractivity contribution < 1.29 is 14.3 Å². The Morgan fingerprint density at radius 2 is 2.22 bits per heavy atom. The highest BCUT2D eigenvalue weighted by atomic mass is 79.9. The van der Waals surface area contributed by atoms with Gasteiger partial charge >= 0.3 is 5.97 Å². The van der Waals surface area contributed by atoms with Gasteiger partial charge in [0.15, 0.2) is 11.5 Å². The van der Waals surface area contributed by atoms with Crippen LogP contribution in [-0.2, 0) is 0 Å². The number of carbonyl (C=O) groups is 1. The highest BCUT2D eigenvalue weighted by Gasteiger charge is 2.13. The Morgan fingerprint density at radius 3 is 2.89 bits per heavy atom. The first-order valence-electron chi connectivity index (χ1n) is 5.12. The number of aromatic amines is 1. The third kappa shape index (κ3) is 1.70. The van der Waals surface area contributed by atoms with E-state index in [1.54, 1.807) is 0 Å². The molecule has 3 aromatic rings. The van der Waals surface area contributed by atoms with Gasteiger partial charge in [0.05, 0.1) is 0 Å². The number of nitrogens with zero attached hydrogens (tertiary/aromatic N) is 1. The molecule has 6 heteroatoms. The van der Waals surface area contributed by atoms with E-state index in [0.717, 1.165) is 15.4 Å². The third-order valence-electron chi connectivity index (χ3n) is 2.57. The van der Waals surface area contributed by atoms with Crippen LogP contribution >= 0.6 is 15.9 Å². The van der Waals surface area contributed by atoms with Crippen LogP contribution in [0.1, 0.15) is 10.5 Å². The molecule has 0 spiro atoms. The first kappa shape index (κ1) is 11.0. The molecule has 90 valence electrons. The van der Waals surface area contributed by atoms with Gasteiger partial charge in [0.1, 0.15) is 11.3 Å². The molecule has 0 saturated carbocycles. The molecule has 2 aromatic heterocycles. The van der Waals surface area contributed by atoms with E-state index in [2.05, 4.69) is 26.1 Å². The van der Waals surface area contributed by atoms with Crippen molar-refractivity contribution in [3.63, 3.8) is 0 Å². The minimum absolute atomic E-state index is 0.0375. The summed E-state index contributed by atoms with van der Waals surface area (Å²) in [6.45, 7) is 0. The molecule has 0 aliphatic rings. The van der Waals surface area contributed by atoms with Gasteiger partial charge in [-0.3, -0.25) is 5.10 Å². The van der Waals surface area contributed by atoms with E-state index in [9.17, 15) is 4.79 Å². The van der Waals surface area contributed by atoms with E-state index in [-0.39, 0.29) is 5.69 Å². The Balaban J connectivity index is 2.13. The first-order chi connectivity index (χ1) is 8.65. The lowest BCUT2D eigenvalue weighted by molar-refractivity contribution is 0.0690. The predicted octanol–water partition coefficient (Wildman–Crippen LogP) is 3.28. The molecular formula is C12H7BrN2O3. The summed E-state index contributed by atoms with van der Waals surface area (Å²) in [5.41, 5.74) is 1.23.